The highest BCUT2D eigenvalue weighted by Gasteiger charge is 2.14. The van der Waals surface area contributed by atoms with Gasteiger partial charge in [-0.2, -0.15) is 0 Å². The zero-order chi connectivity index (χ0) is 22.4. The lowest BCUT2D eigenvalue weighted by molar-refractivity contribution is 0.0697. The van der Waals surface area contributed by atoms with Crippen LogP contribution >= 0.6 is 39.1 Å². The van der Waals surface area contributed by atoms with Crippen molar-refractivity contribution in [2.24, 2.45) is 0 Å². The predicted molar refractivity (Wildman–Crippen MR) is 125 cm³/mol. The van der Waals surface area contributed by atoms with E-state index in [-0.39, 0.29) is 12.2 Å². The number of rotatable bonds is 9. The fraction of sp³-hybridized carbons (Fsp3) is 0.174. The molecule has 0 saturated heterocycles. The normalized spacial score (nSPS) is 10.7. The monoisotopic (exact) mass is 523 g/mol. The molecule has 5 nitrogen and oxygen atoms in total. The molecular weight excluding hydrogens is 505 g/mol. The second-order valence-corrected chi connectivity index (χ2v) is 8.37. The molecule has 0 amide bonds. The molecule has 8 heteroatoms. The summed E-state index contributed by atoms with van der Waals surface area (Å²) in [5, 5.41) is 13.4. The Kier molecular flexibility index (Phi) is 8.21. The first-order chi connectivity index (χ1) is 14.9. The number of carboxylic acid groups (broad SMARTS) is 1. The van der Waals surface area contributed by atoms with E-state index in [0.29, 0.717) is 40.2 Å². The number of carboxylic acids is 1. The molecule has 3 aromatic rings. The van der Waals surface area contributed by atoms with Crippen molar-refractivity contribution in [3.63, 3.8) is 0 Å². The number of nitrogens with one attached hydrogen (secondary N) is 1. The second-order valence-electron chi connectivity index (χ2n) is 6.70. The van der Waals surface area contributed by atoms with Gasteiger partial charge in [-0.3, -0.25) is 0 Å². The minimum absolute atomic E-state index is 0.206. The summed E-state index contributed by atoms with van der Waals surface area (Å²) in [6.45, 7) is 1.40. The molecule has 0 spiro atoms. The lowest BCUT2D eigenvalue weighted by atomic mass is 10.1. The Balaban J connectivity index is 1.65. The molecule has 31 heavy (non-hydrogen) atoms. The zero-order valence-corrected chi connectivity index (χ0v) is 19.7. The molecule has 0 fully saturated rings. The van der Waals surface area contributed by atoms with Crippen molar-refractivity contribution in [2.45, 2.75) is 19.7 Å². The highest BCUT2D eigenvalue weighted by Crippen LogP contribution is 2.38. The molecule has 0 saturated carbocycles. The van der Waals surface area contributed by atoms with Crippen LogP contribution in [0.25, 0.3) is 0 Å². The lowest BCUT2D eigenvalue weighted by Gasteiger charge is -2.16. The maximum Gasteiger partial charge on any atom is 0.335 e. The Hall–Kier alpha value is -2.25. The first-order valence-corrected chi connectivity index (χ1v) is 10.9. The van der Waals surface area contributed by atoms with E-state index in [1.165, 1.54) is 0 Å². The van der Waals surface area contributed by atoms with E-state index in [0.717, 1.165) is 15.6 Å². The van der Waals surface area contributed by atoms with Crippen molar-refractivity contribution in [3.8, 4) is 11.5 Å². The topological polar surface area (TPSA) is 67.8 Å². The first-order valence-electron chi connectivity index (χ1n) is 9.34. The van der Waals surface area contributed by atoms with Crippen molar-refractivity contribution >= 4 is 45.1 Å². The molecule has 2 N–H and O–H groups in total. The number of halogens is 3. The molecule has 0 radical (unpaired) electrons. The molecule has 0 aliphatic carbocycles. The summed E-state index contributed by atoms with van der Waals surface area (Å²) >= 11 is 16.0. The van der Waals surface area contributed by atoms with Crippen molar-refractivity contribution in [3.05, 3.63) is 91.4 Å². The molecule has 0 aromatic heterocycles. The Labute approximate surface area is 199 Å². The highest BCUT2D eigenvalue weighted by atomic mass is 79.9. The molecule has 0 unspecified atom stereocenters. The van der Waals surface area contributed by atoms with Crippen LogP contribution in [0.2, 0.25) is 10.0 Å². The third kappa shape index (κ3) is 6.14. The van der Waals surface area contributed by atoms with E-state index in [2.05, 4.69) is 21.2 Å². The van der Waals surface area contributed by atoms with Crippen molar-refractivity contribution < 1.29 is 19.4 Å². The second kappa shape index (κ2) is 10.9. The van der Waals surface area contributed by atoms with Gasteiger partial charge in [0.15, 0.2) is 11.5 Å². The van der Waals surface area contributed by atoms with Gasteiger partial charge in [-0.25, -0.2) is 4.79 Å². The van der Waals surface area contributed by atoms with E-state index in [1.807, 2.05) is 12.1 Å². The van der Waals surface area contributed by atoms with Crippen LogP contribution in [-0.2, 0) is 19.7 Å². The summed E-state index contributed by atoms with van der Waals surface area (Å²) in [6.07, 6.45) is 0. The van der Waals surface area contributed by atoms with Crippen LogP contribution in [0.4, 0.5) is 0 Å². The smallest absolute Gasteiger partial charge is 0.335 e. The number of ether oxygens (including phenoxy) is 2. The average Bonchev–Trinajstić information content (AvgIpc) is 2.74. The fourth-order valence-electron chi connectivity index (χ4n) is 2.95. The van der Waals surface area contributed by atoms with Crippen LogP contribution in [0.3, 0.4) is 0 Å². The number of carbonyl (C=O) groups is 1. The van der Waals surface area contributed by atoms with Gasteiger partial charge in [0, 0.05) is 28.7 Å². The molecule has 0 aliphatic rings. The Bertz CT molecular complexity index is 1050. The maximum absolute atomic E-state index is 10.9. The molecule has 0 aliphatic heterocycles. The van der Waals surface area contributed by atoms with Gasteiger partial charge in [-0.05, 0) is 63.5 Å². The van der Waals surface area contributed by atoms with E-state index < -0.39 is 5.97 Å². The zero-order valence-electron chi connectivity index (χ0n) is 16.6. The SMILES string of the molecule is COc1cc(CNCc2ccc(C(=O)O)cc2)cc(Br)c1OCc1c(Cl)cccc1Cl. The number of methoxy groups -OCH3 is 1. The minimum atomic E-state index is -0.935. The molecule has 0 bridgehead atoms. The first kappa shape index (κ1) is 23.4. The lowest BCUT2D eigenvalue weighted by Crippen LogP contribution is -2.13. The Morgan fingerprint density at radius 3 is 2.29 bits per heavy atom. The largest absolute Gasteiger partial charge is 0.493 e. The van der Waals surface area contributed by atoms with Gasteiger partial charge in [0.2, 0.25) is 0 Å². The number of benzene rings is 3. The molecule has 0 atom stereocenters. The van der Waals surface area contributed by atoms with Gasteiger partial charge in [0.25, 0.3) is 0 Å². The molecule has 162 valence electrons. The third-order valence-corrected chi connectivity index (χ3v) is 5.87. The van der Waals surface area contributed by atoms with E-state index in [9.17, 15) is 4.79 Å². The standard InChI is InChI=1S/C23H20BrCl2NO4/c1-30-21-10-15(12-27-11-14-5-7-16(8-6-14)23(28)29)9-18(24)22(21)31-13-17-19(25)3-2-4-20(17)26/h2-10,27H,11-13H2,1H3,(H,28,29). The maximum atomic E-state index is 10.9. The summed E-state index contributed by atoms with van der Waals surface area (Å²) in [4.78, 5) is 10.9. The predicted octanol–water partition coefficient (Wildman–Crippen LogP) is 6.33. The van der Waals surface area contributed by atoms with E-state index in [4.69, 9.17) is 37.8 Å². The fourth-order valence-corrected chi connectivity index (χ4v) is 4.06. The van der Waals surface area contributed by atoms with E-state index in [1.54, 1.807) is 49.6 Å². The van der Waals surface area contributed by atoms with Crippen molar-refractivity contribution in [1.29, 1.82) is 0 Å². The summed E-state index contributed by atoms with van der Waals surface area (Å²) in [5.74, 6) is 0.210. The summed E-state index contributed by atoms with van der Waals surface area (Å²) in [6, 6.07) is 15.9. The Morgan fingerprint density at radius 1 is 1.03 bits per heavy atom. The molecule has 0 heterocycles. The number of hydrogen-bond donors (Lipinski definition) is 2. The number of hydrogen-bond acceptors (Lipinski definition) is 4. The summed E-state index contributed by atoms with van der Waals surface area (Å²) in [7, 11) is 1.58. The van der Waals surface area contributed by atoms with E-state index >= 15 is 0 Å². The van der Waals surface area contributed by atoms with Crippen LogP contribution < -0.4 is 14.8 Å². The Morgan fingerprint density at radius 2 is 1.68 bits per heavy atom. The highest BCUT2D eigenvalue weighted by molar-refractivity contribution is 9.10. The molecule has 3 aromatic carbocycles. The van der Waals surface area contributed by atoms with Gasteiger partial charge in [-0.1, -0.05) is 41.4 Å². The average molecular weight is 525 g/mol. The van der Waals surface area contributed by atoms with Crippen LogP contribution in [0.1, 0.15) is 27.0 Å². The van der Waals surface area contributed by atoms with Gasteiger partial charge in [-0.15, -0.1) is 0 Å². The quantitative estimate of drug-likeness (QED) is 0.342. The van der Waals surface area contributed by atoms with Crippen LogP contribution in [0.15, 0.2) is 59.1 Å². The van der Waals surface area contributed by atoms with Crippen LogP contribution in [0.5, 0.6) is 11.5 Å². The van der Waals surface area contributed by atoms with Gasteiger partial charge in [0.1, 0.15) is 6.61 Å². The van der Waals surface area contributed by atoms with Gasteiger partial charge < -0.3 is 19.9 Å². The van der Waals surface area contributed by atoms with Crippen LogP contribution in [-0.4, -0.2) is 18.2 Å². The van der Waals surface area contributed by atoms with Crippen molar-refractivity contribution in [1.82, 2.24) is 5.32 Å². The van der Waals surface area contributed by atoms with Gasteiger partial charge >= 0.3 is 5.97 Å². The number of aromatic carboxylic acids is 1. The third-order valence-electron chi connectivity index (χ3n) is 4.57. The minimum Gasteiger partial charge on any atom is -0.493 e. The van der Waals surface area contributed by atoms with Gasteiger partial charge in [0.05, 0.1) is 17.1 Å². The summed E-state index contributed by atoms with van der Waals surface area (Å²) < 4.78 is 12.2. The van der Waals surface area contributed by atoms with Crippen molar-refractivity contribution in [2.75, 3.05) is 7.11 Å². The molecule has 3 rings (SSSR count). The van der Waals surface area contributed by atoms with Crippen LogP contribution in [0, 0.1) is 0 Å². The molecular formula is C23H20BrCl2NO4. The summed E-state index contributed by atoms with van der Waals surface area (Å²) in [5.41, 5.74) is 2.96.